The number of rotatable bonds is 5. The standard InChI is InChI=1S/C18H18N2O2/c21-17-11-16(19-12-14-7-3-1-4-8-14)18(22)20(17)13-15-9-5-2-6-10-15/h1-10,16,19H,11-13H2/p+1. The molecule has 4 heteroatoms. The molecule has 2 aromatic rings. The summed E-state index contributed by atoms with van der Waals surface area (Å²) in [6.45, 7) is 1.08. The molecular formula is C18H19N2O2+. The molecule has 2 N–H and O–H groups in total. The minimum Gasteiger partial charge on any atom is -0.332 e. The van der Waals surface area contributed by atoms with Gasteiger partial charge in [-0.25, -0.2) is 0 Å². The summed E-state index contributed by atoms with van der Waals surface area (Å²) in [6.07, 6.45) is 0.290. The minimum atomic E-state index is -0.295. The van der Waals surface area contributed by atoms with Gasteiger partial charge in [-0.15, -0.1) is 0 Å². The minimum absolute atomic E-state index is 0.0789. The number of hydrogen-bond acceptors (Lipinski definition) is 2. The number of imide groups is 1. The maximum atomic E-state index is 12.4. The molecule has 0 spiro atoms. The van der Waals surface area contributed by atoms with Crippen LogP contribution in [0.25, 0.3) is 0 Å². The van der Waals surface area contributed by atoms with Crippen LogP contribution >= 0.6 is 0 Å². The summed E-state index contributed by atoms with van der Waals surface area (Å²) >= 11 is 0. The number of carbonyl (C=O) groups is 2. The van der Waals surface area contributed by atoms with Gasteiger partial charge in [-0.05, 0) is 5.56 Å². The molecule has 1 fully saturated rings. The number of carbonyl (C=O) groups excluding carboxylic acids is 2. The molecule has 0 radical (unpaired) electrons. The fourth-order valence-electron chi connectivity index (χ4n) is 2.72. The first-order valence-electron chi connectivity index (χ1n) is 7.49. The highest BCUT2D eigenvalue weighted by Crippen LogP contribution is 2.14. The van der Waals surface area contributed by atoms with Crippen molar-refractivity contribution in [2.45, 2.75) is 25.6 Å². The number of quaternary nitrogens is 1. The van der Waals surface area contributed by atoms with Crippen LogP contribution in [0.4, 0.5) is 0 Å². The molecule has 1 atom stereocenters. The first kappa shape index (κ1) is 14.5. The summed E-state index contributed by atoms with van der Waals surface area (Å²) in [4.78, 5) is 25.9. The highest BCUT2D eigenvalue weighted by molar-refractivity contribution is 6.04. The van der Waals surface area contributed by atoms with Gasteiger partial charge in [-0.2, -0.15) is 0 Å². The van der Waals surface area contributed by atoms with Crippen LogP contribution in [0, 0.1) is 0 Å². The topological polar surface area (TPSA) is 54.0 Å². The van der Waals surface area contributed by atoms with Gasteiger partial charge in [0.15, 0.2) is 6.04 Å². The number of nitrogens with two attached hydrogens (primary N) is 1. The second kappa shape index (κ2) is 6.54. The van der Waals surface area contributed by atoms with E-state index in [-0.39, 0.29) is 17.9 Å². The fourth-order valence-corrected chi connectivity index (χ4v) is 2.72. The summed E-state index contributed by atoms with van der Waals surface area (Å²) < 4.78 is 0. The molecule has 4 nitrogen and oxygen atoms in total. The fraction of sp³-hybridized carbons (Fsp3) is 0.222. The molecule has 0 aromatic heterocycles. The van der Waals surface area contributed by atoms with E-state index < -0.39 is 0 Å². The Labute approximate surface area is 129 Å². The van der Waals surface area contributed by atoms with Crippen molar-refractivity contribution >= 4 is 11.8 Å². The molecule has 0 aliphatic carbocycles. The largest absolute Gasteiger partial charge is 0.332 e. The number of likely N-dealkylation sites (tertiary alicyclic amines) is 1. The van der Waals surface area contributed by atoms with E-state index in [9.17, 15) is 9.59 Å². The third kappa shape index (κ3) is 3.23. The lowest BCUT2D eigenvalue weighted by Gasteiger charge is -2.14. The monoisotopic (exact) mass is 295 g/mol. The van der Waals surface area contributed by atoms with Crippen LogP contribution in [0.3, 0.4) is 0 Å². The van der Waals surface area contributed by atoms with Crippen molar-refractivity contribution in [3.8, 4) is 0 Å². The Morgan fingerprint density at radius 1 is 0.909 bits per heavy atom. The summed E-state index contributed by atoms with van der Waals surface area (Å²) in [5, 5.41) is 1.96. The lowest BCUT2D eigenvalue weighted by Crippen LogP contribution is -2.90. The van der Waals surface area contributed by atoms with Gasteiger partial charge >= 0.3 is 0 Å². The Balaban J connectivity index is 1.61. The summed E-state index contributed by atoms with van der Waals surface area (Å²) in [6, 6.07) is 19.3. The summed E-state index contributed by atoms with van der Waals surface area (Å²) in [5.41, 5.74) is 2.14. The molecule has 1 aliphatic rings. The molecule has 1 heterocycles. The van der Waals surface area contributed by atoms with Crippen LogP contribution in [0.2, 0.25) is 0 Å². The highest BCUT2D eigenvalue weighted by atomic mass is 16.2. The number of benzene rings is 2. The smallest absolute Gasteiger partial charge is 0.288 e. The molecular weight excluding hydrogens is 276 g/mol. The van der Waals surface area contributed by atoms with E-state index in [1.54, 1.807) is 0 Å². The number of hydrogen-bond donors (Lipinski definition) is 1. The Morgan fingerprint density at radius 3 is 2.14 bits per heavy atom. The van der Waals surface area contributed by atoms with Crippen LogP contribution < -0.4 is 5.32 Å². The van der Waals surface area contributed by atoms with E-state index in [0.717, 1.165) is 11.1 Å². The van der Waals surface area contributed by atoms with Gasteiger partial charge in [0.2, 0.25) is 5.91 Å². The molecule has 2 amide bonds. The van der Waals surface area contributed by atoms with Gasteiger partial charge in [-0.1, -0.05) is 60.7 Å². The van der Waals surface area contributed by atoms with E-state index in [1.165, 1.54) is 4.90 Å². The molecule has 22 heavy (non-hydrogen) atoms. The third-order valence-electron chi connectivity index (χ3n) is 3.94. The first-order valence-corrected chi connectivity index (χ1v) is 7.49. The second-order valence-electron chi connectivity index (χ2n) is 5.54. The molecule has 112 valence electrons. The van der Waals surface area contributed by atoms with Crippen LogP contribution in [0.5, 0.6) is 0 Å². The van der Waals surface area contributed by atoms with Gasteiger partial charge < -0.3 is 5.32 Å². The van der Waals surface area contributed by atoms with Crippen molar-refractivity contribution in [3.63, 3.8) is 0 Å². The van der Waals surface area contributed by atoms with Gasteiger partial charge in [0.05, 0.1) is 13.0 Å². The maximum Gasteiger partial charge on any atom is 0.288 e. The number of amides is 2. The molecule has 1 saturated heterocycles. The normalized spacial score (nSPS) is 18.0. The first-order chi connectivity index (χ1) is 10.7. The van der Waals surface area contributed by atoms with Crippen molar-refractivity contribution in [1.29, 1.82) is 0 Å². The van der Waals surface area contributed by atoms with Crippen molar-refractivity contribution in [3.05, 3.63) is 71.8 Å². The van der Waals surface area contributed by atoms with Crippen molar-refractivity contribution in [2.24, 2.45) is 0 Å². The molecule has 1 unspecified atom stereocenters. The molecule has 0 saturated carbocycles. The molecule has 1 aliphatic heterocycles. The van der Waals surface area contributed by atoms with Crippen LogP contribution in [0.1, 0.15) is 17.5 Å². The van der Waals surface area contributed by atoms with Gasteiger partial charge in [0.25, 0.3) is 5.91 Å². The van der Waals surface area contributed by atoms with E-state index in [2.05, 4.69) is 0 Å². The predicted octanol–water partition coefficient (Wildman–Crippen LogP) is 1.08. The molecule has 0 bridgehead atoms. The van der Waals surface area contributed by atoms with Crippen molar-refractivity contribution in [1.82, 2.24) is 4.90 Å². The van der Waals surface area contributed by atoms with E-state index in [1.807, 2.05) is 66.0 Å². The maximum absolute atomic E-state index is 12.4. The zero-order valence-corrected chi connectivity index (χ0v) is 12.3. The van der Waals surface area contributed by atoms with Gasteiger partial charge in [0, 0.05) is 5.56 Å². The lowest BCUT2D eigenvalue weighted by atomic mass is 10.2. The Bertz CT molecular complexity index is 655. The quantitative estimate of drug-likeness (QED) is 0.839. The van der Waals surface area contributed by atoms with Crippen LogP contribution in [-0.2, 0) is 22.7 Å². The Hall–Kier alpha value is -2.46. The Kier molecular flexibility index (Phi) is 4.30. The van der Waals surface area contributed by atoms with Crippen LogP contribution in [0.15, 0.2) is 60.7 Å². The van der Waals surface area contributed by atoms with E-state index in [0.29, 0.717) is 19.5 Å². The van der Waals surface area contributed by atoms with Gasteiger partial charge in [0.1, 0.15) is 6.54 Å². The third-order valence-corrected chi connectivity index (χ3v) is 3.94. The zero-order chi connectivity index (χ0) is 15.4. The van der Waals surface area contributed by atoms with E-state index >= 15 is 0 Å². The average Bonchev–Trinajstić information content (AvgIpc) is 2.82. The second-order valence-corrected chi connectivity index (χ2v) is 5.54. The van der Waals surface area contributed by atoms with Crippen LogP contribution in [-0.4, -0.2) is 22.8 Å². The molecule has 3 rings (SSSR count). The highest BCUT2D eigenvalue weighted by Gasteiger charge is 2.40. The van der Waals surface area contributed by atoms with E-state index in [4.69, 9.17) is 0 Å². The van der Waals surface area contributed by atoms with Gasteiger partial charge in [-0.3, -0.25) is 14.5 Å². The molecule has 2 aromatic carbocycles. The Morgan fingerprint density at radius 2 is 1.50 bits per heavy atom. The zero-order valence-electron chi connectivity index (χ0n) is 12.3. The SMILES string of the molecule is O=C1CC([NH2+]Cc2ccccc2)C(=O)N1Cc1ccccc1. The predicted molar refractivity (Wildman–Crippen MR) is 82.5 cm³/mol. The van der Waals surface area contributed by atoms with Crippen molar-refractivity contribution < 1.29 is 14.9 Å². The summed E-state index contributed by atoms with van der Waals surface area (Å²) in [5.74, 6) is -0.159. The summed E-state index contributed by atoms with van der Waals surface area (Å²) in [7, 11) is 0. The average molecular weight is 295 g/mol. The lowest BCUT2D eigenvalue weighted by molar-refractivity contribution is -0.690. The van der Waals surface area contributed by atoms with Crippen molar-refractivity contribution in [2.75, 3.05) is 0 Å². The number of nitrogens with zero attached hydrogens (tertiary/aromatic N) is 1.